The quantitative estimate of drug-likeness (QED) is 0.380. The normalized spacial score (nSPS) is 10.6. The van der Waals surface area contributed by atoms with Crippen molar-refractivity contribution in [1.82, 2.24) is 15.1 Å². The van der Waals surface area contributed by atoms with E-state index in [1.54, 1.807) is 0 Å². The first-order valence-electron chi connectivity index (χ1n) is 9.60. The minimum atomic E-state index is 0.534. The van der Waals surface area contributed by atoms with Gasteiger partial charge < -0.3 is 10.6 Å². The molecule has 0 amide bonds. The molecule has 4 nitrogen and oxygen atoms in total. The van der Waals surface area contributed by atoms with Crippen molar-refractivity contribution in [2.24, 2.45) is 0 Å². The molecule has 0 fully saturated rings. The topological polar surface area (TPSA) is 41.9 Å². The molecular weight excluding hydrogens is 412 g/mol. The van der Waals surface area contributed by atoms with Crippen LogP contribution in [0.25, 0.3) is 16.9 Å². The summed E-state index contributed by atoms with van der Waals surface area (Å²) in [7, 11) is 0. The van der Waals surface area contributed by atoms with Gasteiger partial charge in [0.15, 0.2) is 5.11 Å². The predicted molar refractivity (Wildman–Crippen MR) is 128 cm³/mol. The summed E-state index contributed by atoms with van der Waals surface area (Å²) >= 11 is 11.6. The van der Waals surface area contributed by atoms with Gasteiger partial charge in [0.05, 0.1) is 11.4 Å². The average molecular weight is 433 g/mol. The molecule has 30 heavy (non-hydrogen) atoms. The number of rotatable bonds is 5. The van der Waals surface area contributed by atoms with Crippen LogP contribution in [-0.2, 0) is 6.54 Å². The fraction of sp³-hybridized carbons (Fsp3) is 0.0833. The largest absolute Gasteiger partial charge is 0.358 e. The predicted octanol–water partition coefficient (Wildman–Crippen LogP) is 5.99. The van der Waals surface area contributed by atoms with Crippen LogP contribution in [-0.4, -0.2) is 14.9 Å². The SMILES string of the molecule is Cc1ccc(Cl)cc1NC(=S)NCc1cn(-c2ccccc2)nc1-c1ccccc1. The molecule has 1 heterocycles. The number of para-hydroxylation sites is 1. The number of nitrogens with zero attached hydrogens (tertiary/aromatic N) is 2. The number of hydrogen-bond acceptors (Lipinski definition) is 2. The molecule has 0 saturated carbocycles. The first-order chi connectivity index (χ1) is 14.6. The van der Waals surface area contributed by atoms with Crippen molar-refractivity contribution in [2.45, 2.75) is 13.5 Å². The number of hydrogen-bond donors (Lipinski definition) is 2. The molecule has 0 spiro atoms. The van der Waals surface area contributed by atoms with E-state index in [1.165, 1.54) is 0 Å². The molecule has 0 saturated heterocycles. The van der Waals surface area contributed by atoms with Crippen LogP contribution in [0.5, 0.6) is 0 Å². The third-order valence-corrected chi connectivity index (χ3v) is 5.23. The summed E-state index contributed by atoms with van der Waals surface area (Å²) in [6, 6.07) is 25.9. The van der Waals surface area contributed by atoms with Gasteiger partial charge in [-0.25, -0.2) is 4.68 Å². The Morgan fingerprint density at radius 3 is 2.43 bits per heavy atom. The molecular formula is C24H21ClN4S. The number of aryl methyl sites for hydroxylation is 1. The van der Waals surface area contributed by atoms with Crippen molar-refractivity contribution >= 4 is 34.6 Å². The fourth-order valence-corrected chi connectivity index (χ4v) is 3.52. The summed E-state index contributed by atoms with van der Waals surface area (Å²) in [5, 5.41) is 12.6. The Morgan fingerprint density at radius 1 is 1.00 bits per heavy atom. The van der Waals surface area contributed by atoms with Crippen LogP contribution >= 0.6 is 23.8 Å². The summed E-state index contributed by atoms with van der Waals surface area (Å²) < 4.78 is 1.90. The van der Waals surface area contributed by atoms with Gasteiger partial charge in [0.2, 0.25) is 0 Å². The first-order valence-corrected chi connectivity index (χ1v) is 10.4. The molecule has 0 aliphatic heterocycles. The van der Waals surface area contributed by atoms with E-state index in [9.17, 15) is 0 Å². The second-order valence-electron chi connectivity index (χ2n) is 6.92. The third kappa shape index (κ3) is 4.70. The Morgan fingerprint density at radius 2 is 1.70 bits per heavy atom. The standard InChI is InChI=1S/C24H21ClN4S/c1-17-12-13-20(25)14-22(17)27-24(30)26-15-19-16-29(21-10-6-3-7-11-21)28-23(19)18-8-4-2-5-9-18/h2-14,16H,15H2,1H3,(H2,26,27,30). The van der Waals surface area contributed by atoms with Gasteiger partial charge in [-0.15, -0.1) is 0 Å². The number of thiocarbonyl (C=S) groups is 1. The Hall–Kier alpha value is -3.15. The third-order valence-electron chi connectivity index (χ3n) is 4.75. The highest BCUT2D eigenvalue weighted by Gasteiger charge is 2.13. The Labute approximate surface area is 186 Å². The summed E-state index contributed by atoms with van der Waals surface area (Å²) in [4.78, 5) is 0. The molecule has 1 aromatic heterocycles. The molecule has 0 bridgehead atoms. The molecule has 0 aliphatic rings. The maximum absolute atomic E-state index is 6.11. The molecule has 2 N–H and O–H groups in total. The zero-order valence-corrected chi connectivity index (χ0v) is 18.0. The molecule has 6 heteroatoms. The van der Waals surface area contributed by atoms with Crippen LogP contribution in [0.1, 0.15) is 11.1 Å². The maximum atomic E-state index is 6.11. The lowest BCUT2D eigenvalue weighted by Gasteiger charge is -2.13. The van der Waals surface area contributed by atoms with Crippen LogP contribution in [0, 0.1) is 6.92 Å². The van der Waals surface area contributed by atoms with Gasteiger partial charge in [0.25, 0.3) is 0 Å². The number of nitrogens with one attached hydrogen (secondary N) is 2. The van der Waals surface area contributed by atoms with E-state index in [0.717, 1.165) is 33.8 Å². The van der Waals surface area contributed by atoms with Crippen molar-refractivity contribution in [3.05, 3.63) is 101 Å². The lowest BCUT2D eigenvalue weighted by atomic mass is 10.1. The van der Waals surface area contributed by atoms with E-state index in [4.69, 9.17) is 28.9 Å². The zero-order chi connectivity index (χ0) is 20.9. The lowest BCUT2D eigenvalue weighted by molar-refractivity contribution is 0.879. The van der Waals surface area contributed by atoms with Gasteiger partial charge in [0.1, 0.15) is 0 Å². The average Bonchev–Trinajstić information content (AvgIpc) is 3.20. The molecule has 0 radical (unpaired) electrons. The monoisotopic (exact) mass is 432 g/mol. The van der Waals surface area contributed by atoms with Crippen molar-refractivity contribution in [3.63, 3.8) is 0 Å². The van der Waals surface area contributed by atoms with Crippen molar-refractivity contribution in [1.29, 1.82) is 0 Å². The second-order valence-corrected chi connectivity index (χ2v) is 7.76. The summed E-state index contributed by atoms with van der Waals surface area (Å²) in [5.74, 6) is 0. The molecule has 4 rings (SSSR count). The van der Waals surface area contributed by atoms with Gasteiger partial charge in [-0.3, -0.25) is 0 Å². The summed E-state index contributed by atoms with van der Waals surface area (Å²) in [6.45, 7) is 2.56. The van der Waals surface area contributed by atoms with Gasteiger partial charge in [-0.05, 0) is 49.0 Å². The van der Waals surface area contributed by atoms with E-state index in [2.05, 4.69) is 22.8 Å². The number of benzene rings is 3. The highest BCUT2D eigenvalue weighted by molar-refractivity contribution is 7.80. The van der Waals surface area contributed by atoms with Gasteiger partial charge in [0, 0.05) is 34.6 Å². The number of aromatic nitrogens is 2. The van der Waals surface area contributed by atoms with Crippen LogP contribution in [0.15, 0.2) is 85.1 Å². The van der Waals surface area contributed by atoms with E-state index in [1.807, 2.05) is 84.5 Å². The molecule has 4 aromatic rings. The fourth-order valence-electron chi connectivity index (χ4n) is 3.16. The van der Waals surface area contributed by atoms with E-state index in [-0.39, 0.29) is 0 Å². The summed E-state index contributed by atoms with van der Waals surface area (Å²) in [6.07, 6.45) is 2.04. The van der Waals surface area contributed by atoms with E-state index >= 15 is 0 Å². The highest BCUT2D eigenvalue weighted by atomic mass is 35.5. The van der Waals surface area contributed by atoms with Gasteiger partial charge in [-0.2, -0.15) is 5.10 Å². The second kappa shape index (κ2) is 9.11. The molecule has 3 aromatic carbocycles. The van der Waals surface area contributed by atoms with Gasteiger partial charge in [-0.1, -0.05) is 66.2 Å². The van der Waals surface area contributed by atoms with Crippen LogP contribution in [0.3, 0.4) is 0 Å². The van der Waals surface area contributed by atoms with Crippen LogP contribution in [0.2, 0.25) is 5.02 Å². The Kier molecular flexibility index (Phi) is 6.12. The summed E-state index contributed by atoms with van der Waals surface area (Å²) in [5.41, 5.74) is 6.02. The van der Waals surface area contributed by atoms with E-state index < -0.39 is 0 Å². The zero-order valence-electron chi connectivity index (χ0n) is 16.5. The van der Waals surface area contributed by atoms with Crippen molar-refractivity contribution < 1.29 is 0 Å². The van der Waals surface area contributed by atoms with Gasteiger partial charge >= 0.3 is 0 Å². The minimum Gasteiger partial charge on any atom is -0.358 e. The molecule has 150 valence electrons. The minimum absolute atomic E-state index is 0.534. The van der Waals surface area contributed by atoms with Crippen molar-refractivity contribution in [3.8, 4) is 16.9 Å². The number of halogens is 1. The Bertz CT molecular complexity index is 1160. The smallest absolute Gasteiger partial charge is 0.171 e. The highest BCUT2D eigenvalue weighted by Crippen LogP contribution is 2.24. The molecule has 0 atom stereocenters. The number of anilines is 1. The van der Waals surface area contributed by atoms with Crippen molar-refractivity contribution in [2.75, 3.05) is 5.32 Å². The maximum Gasteiger partial charge on any atom is 0.171 e. The molecule has 0 unspecified atom stereocenters. The lowest BCUT2D eigenvalue weighted by Crippen LogP contribution is -2.28. The van der Waals surface area contributed by atoms with Crippen LogP contribution < -0.4 is 10.6 Å². The Balaban J connectivity index is 1.56. The van der Waals surface area contributed by atoms with Crippen LogP contribution in [0.4, 0.5) is 5.69 Å². The first kappa shape index (κ1) is 20.1. The molecule has 0 aliphatic carbocycles. The van der Waals surface area contributed by atoms with E-state index in [0.29, 0.717) is 16.7 Å².